The molecule has 10 nitrogen and oxygen atoms in total. The fourth-order valence-corrected chi connectivity index (χ4v) is 3.21. The molecule has 178 valence electrons. The van der Waals surface area contributed by atoms with Gasteiger partial charge in [-0.3, -0.25) is 14.9 Å². The first-order valence-electron chi connectivity index (χ1n) is 10.2. The predicted molar refractivity (Wildman–Crippen MR) is 125 cm³/mol. The van der Waals surface area contributed by atoms with Gasteiger partial charge in [0, 0.05) is 11.8 Å². The van der Waals surface area contributed by atoms with Crippen LogP contribution in [0.2, 0.25) is 0 Å². The number of rotatable bonds is 10. The number of methoxy groups -OCH3 is 3. The van der Waals surface area contributed by atoms with Crippen LogP contribution in [0.15, 0.2) is 54.6 Å². The van der Waals surface area contributed by atoms with Crippen LogP contribution in [-0.2, 0) is 0 Å². The van der Waals surface area contributed by atoms with Crippen LogP contribution >= 0.6 is 0 Å². The van der Waals surface area contributed by atoms with E-state index in [4.69, 9.17) is 23.7 Å². The summed E-state index contributed by atoms with van der Waals surface area (Å²) in [5.41, 5.74) is -0.366. The number of nitro benzene ring substituents is 1. The normalized spacial score (nSPS) is 10.2. The maximum absolute atomic E-state index is 12.9. The molecule has 1 amide bonds. The highest BCUT2D eigenvalue weighted by Crippen LogP contribution is 2.46. The maximum atomic E-state index is 12.9. The molecule has 0 atom stereocenters. The Morgan fingerprint density at radius 1 is 0.882 bits per heavy atom. The molecule has 0 aliphatic heterocycles. The zero-order valence-corrected chi connectivity index (χ0v) is 19.1. The summed E-state index contributed by atoms with van der Waals surface area (Å²) in [6.45, 7) is 2.48. The minimum atomic E-state index is -0.717. The average Bonchev–Trinajstić information content (AvgIpc) is 2.84. The number of carbonyl (C=O) groups is 1. The first-order valence-corrected chi connectivity index (χ1v) is 10.2. The molecular formula is C24H24N2O8. The van der Waals surface area contributed by atoms with E-state index >= 15 is 0 Å². The lowest BCUT2D eigenvalue weighted by molar-refractivity contribution is -0.386. The molecule has 34 heavy (non-hydrogen) atoms. The highest BCUT2D eigenvalue weighted by atomic mass is 16.6. The molecule has 3 rings (SSSR count). The lowest BCUT2D eigenvalue weighted by Gasteiger charge is -2.15. The van der Waals surface area contributed by atoms with Gasteiger partial charge in [0.2, 0.25) is 11.5 Å². The predicted octanol–water partition coefficient (Wildman–Crippen LogP) is 5.06. The summed E-state index contributed by atoms with van der Waals surface area (Å²) >= 11 is 0. The van der Waals surface area contributed by atoms with E-state index in [1.54, 1.807) is 48.5 Å². The zero-order chi connectivity index (χ0) is 24.7. The van der Waals surface area contributed by atoms with Gasteiger partial charge in [-0.1, -0.05) is 0 Å². The lowest BCUT2D eigenvalue weighted by Crippen LogP contribution is -2.15. The van der Waals surface area contributed by atoms with Gasteiger partial charge in [0.25, 0.3) is 5.91 Å². The summed E-state index contributed by atoms with van der Waals surface area (Å²) in [6.07, 6.45) is 0. The summed E-state index contributed by atoms with van der Waals surface area (Å²) in [5.74, 6) is 1.11. The van der Waals surface area contributed by atoms with Gasteiger partial charge in [-0.05, 0) is 55.5 Å². The van der Waals surface area contributed by atoms with Gasteiger partial charge in [0.05, 0.1) is 32.9 Å². The van der Waals surface area contributed by atoms with Crippen LogP contribution in [0, 0.1) is 10.1 Å². The third kappa shape index (κ3) is 5.29. The molecule has 3 aromatic rings. The second-order valence-corrected chi connectivity index (χ2v) is 6.78. The Bertz CT molecular complexity index is 1160. The van der Waals surface area contributed by atoms with E-state index in [0.717, 1.165) is 5.75 Å². The third-order valence-electron chi connectivity index (χ3n) is 4.71. The van der Waals surface area contributed by atoms with Crippen LogP contribution in [0.1, 0.15) is 17.3 Å². The molecule has 0 fully saturated rings. The van der Waals surface area contributed by atoms with Crippen molar-refractivity contribution >= 4 is 17.3 Å². The number of hydrogen-bond donors (Lipinski definition) is 1. The minimum Gasteiger partial charge on any atom is -0.494 e. The Labute approximate surface area is 196 Å². The number of hydrogen-bond acceptors (Lipinski definition) is 8. The maximum Gasteiger partial charge on any atom is 0.327 e. The Balaban J connectivity index is 1.81. The summed E-state index contributed by atoms with van der Waals surface area (Å²) in [5, 5.41) is 14.4. The van der Waals surface area contributed by atoms with Crippen LogP contribution in [0.25, 0.3) is 0 Å². The second-order valence-electron chi connectivity index (χ2n) is 6.78. The number of nitrogens with one attached hydrogen (secondary N) is 1. The first kappa shape index (κ1) is 24.2. The smallest absolute Gasteiger partial charge is 0.327 e. The van der Waals surface area contributed by atoms with Crippen LogP contribution in [0.5, 0.6) is 34.5 Å². The quantitative estimate of drug-likeness (QED) is 0.324. The summed E-state index contributed by atoms with van der Waals surface area (Å²) < 4.78 is 26.7. The van der Waals surface area contributed by atoms with Gasteiger partial charge >= 0.3 is 5.69 Å². The molecule has 0 saturated heterocycles. The van der Waals surface area contributed by atoms with Gasteiger partial charge in [-0.25, -0.2) is 0 Å². The van der Waals surface area contributed by atoms with Crippen molar-refractivity contribution in [1.82, 2.24) is 0 Å². The van der Waals surface area contributed by atoms with Crippen molar-refractivity contribution < 1.29 is 33.4 Å². The fourth-order valence-electron chi connectivity index (χ4n) is 3.21. The number of ether oxygens (including phenoxy) is 5. The highest BCUT2D eigenvalue weighted by Gasteiger charge is 2.32. The Morgan fingerprint density at radius 2 is 1.44 bits per heavy atom. The van der Waals surface area contributed by atoms with Crippen LogP contribution in [0.4, 0.5) is 11.4 Å². The van der Waals surface area contributed by atoms with Gasteiger partial charge in [0.1, 0.15) is 22.8 Å². The molecule has 0 spiro atoms. The minimum absolute atomic E-state index is 0.0176. The van der Waals surface area contributed by atoms with Crippen molar-refractivity contribution in [2.75, 3.05) is 33.3 Å². The molecule has 1 N–H and O–H groups in total. The number of benzene rings is 3. The topological polar surface area (TPSA) is 118 Å². The van der Waals surface area contributed by atoms with Gasteiger partial charge in [0.15, 0.2) is 5.75 Å². The third-order valence-corrected chi connectivity index (χ3v) is 4.71. The van der Waals surface area contributed by atoms with E-state index < -0.39 is 16.5 Å². The summed E-state index contributed by atoms with van der Waals surface area (Å²) in [7, 11) is 3.92. The molecule has 0 unspecified atom stereocenters. The van der Waals surface area contributed by atoms with E-state index in [2.05, 4.69) is 5.32 Å². The van der Waals surface area contributed by atoms with Crippen LogP contribution in [-0.4, -0.2) is 38.8 Å². The van der Waals surface area contributed by atoms with Crippen molar-refractivity contribution in [3.63, 3.8) is 0 Å². The standard InChI is InChI=1S/C24H24N2O8/c1-5-33-16-10-12-18(13-11-16)34-17-8-6-15(7-9-17)25-24(27)19-14-20(30-2)22(31-3)23(32-4)21(19)26(28)29/h6-14H,5H2,1-4H3,(H,25,27). The molecule has 0 aliphatic rings. The molecule has 0 radical (unpaired) electrons. The molecular weight excluding hydrogens is 444 g/mol. The van der Waals surface area contributed by atoms with Crippen molar-refractivity contribution in [2.24, 2.45) is 0 Å². The number of anilines is 1. The van der Waals surface area contributed by atoms with Crippen LogP contribution in [0.3, 0.4) is 0 Å². The first-order chi connectivity index (χ1) is 16.4. The monoisotopic (exact) mass is 468 g/mol. The molecule has 0 saturated carbocycles. The van der Waals surface area contributed by atoms with Crippen molar-refractivity contribution in [2.45, 2.75) is 6.92 Å². The number of carbonyl (C=O) groups excluding carboxylic acids is 1. The number of amides is 1. The molecule has 0 heterocycles. The van der Waals surface area contributed by atoms with Gasteiger partial charge in [-0.2, -0.15) is 0 Å². The molecule has 0 bridgehead atoms. The largest absolute Gasteiger partial charge is 0.494 e. The molecule has 0 aromatic heterocycles. The fraction of sp³-hybridized carbons (Fsp3) is 0.208. The second kappa shape index (κ2) is 10.9. The van der Waals surface area contributed by atoms with Crippen molar-refractivity contribution in [3.05, 3.63) is 70.3 Å². The van der Waals surface area contributed by atoms with Crippen molar-refractivity contribution in [1.29, 1.82) is 0 Å². The van der Waals surface area contributed by atoms with E-state index in [9.17, 15) is 14.9 Å². The molecule has 0 aliphatic carbocycles. The Kier molecular flexibility index (Phi) is 7.75. The molecule has 3 aromatic carbocycles. The van der Waals surface area contributed by atoms with E-state index in [1.807, 2.05) is 6.92 Å². The lowest BCUT2D eigenvalue weighted by atomic mass is 10.1. The highest BCUT2D eigenvalue weighted by molar-refractivity contribution is 6.08. The SMILES string of the molecule is CCOc1ccc(Oc2ccc(NC(=O)c3cc(OC)c(OC)c(OC)c3[N+](=O)[O-])cc2)cc1. The number of nitro groups is 1. The zero-order valence-electron chi connectivity index (χ0n) is 19.1. The Morgan fingerprint density at radius 3 is 1.94 bits per heavy atom. The van der Waals surface area contributed by atoms with Gasteiger partial charge < -0.3 is 29.0 Å². The Hall–Kier alpha value is -4.47. The van der Waals surface area contributed by atoms with E-state index in [-0.39, 0.29) is 22.8 Å². The average molecular weight is 468 g/mol. The van der Waals surface area contributed by atoms with Crippen molar-refractivity contribution in [3.8, 4) is 34.5 Å². The summed E-state index contributed by atoms with van der Waals surface area (Å²) in [6, 6.07) is 15.0. The van der Waals surface area contributed by atoms with E-state index in [0.29, 0.717) is 23.8 Å². The van der Waals surface area contributed by atoms with Crippen LogP contribution < -0.4 is 29.0 Å². The van der Waals surface area contributed by atoms with E-state index in [1.165, 1.54) is 27.4 Å². The molecule has 10 heteroatoms. The number of nitrogens with zero attached hydrogens (tertiary/aromatic N) is 1. The van der Waals surface area contributed by atoms with Gasteiger partial charge in [-0.15, -0.1) is 0 Å². The summed E-state index contributed by atoms with van der Waals surface area (Å²) in [4.78, 5) is 23.9.